The number of rotatable bonds is 5. The van der Waals surface area contributed by atoms with Crippen LogP contribution in [-0.4, -0.2) is 27.7 Å². The topological polar surface area (TPSA) is 50.9 Å². The number of imidazole rings is 1. The van der Waals surface area contributed by atoms with Gasteiger partial charge in [-0.1, -0.05) is 136 Å². The molecule has 264 valence electrons. The minimum atomic E-state index is -1.38. The van der Waals surface area contributed by atoms with Gasteiger partial charge in [0, 0.05) is 29.9 Å². The number of fused-ring (bicyclic) bond motifs is 1. The summed E-state index contributed by atoms with van der Waals surface area (Å²) in [5.74, 6) is 1.06. The molecule has 2 aromatic heterocycles. The second-order valence-corrected chi connectivity index (χ2v) is 23.5. The molecule has 0 aliphatic heterocycles. The number of aryl methyl sites for hydroxylation is 1. The van der Waals surface area contributed by atoms with Gasteiger partial charge in [0.1, 0.15) is 11.6 Å². The molecular weight excluding hydrogens is 639 g/mol. The average molecular weight is 694 g/mol. The minimum absolute atomic E-state index is 0.0826. The van der Waals surface area contributed by atoms with Crippen LogP contribution in [0.3, 0.4) is 0 Å². The van der Waals surface area contributed by atoms with Gasteiger partial charge < -0.3 is 9.67 Å². The summed E-state index contributed by atoms with van der Waals surface area (Å²) in [5.41, 5.74) is 12.2. The Morgan fingerprint density at radius 2 is 1.24 bits per heavy atom. The number of benzene rings is 4. The highest BCUT2D eigenvalue weighted by Crippen LogP contribution is 2.43. The van der Waals surface area contributed by atoms with Crippen molar-refractivity contribution in [1.29, 1.82) is 0 Å². The number of phenols is 1. The molecule has 1 N–H and O–H groups in total. The lowest BCUT2D eigenvalue weighted by Crippen LogP contribution is -2.37. The fraction of sp³-hybridized carbons (Fsp3) is 0.348. The molecule has 0 radical (unpaired) electrons. The zero-order valence-electron chi connectivity index (χ0n) is 32.9. The third kappa shape index (κ3) is 7.19. The van der Waals surface area contributed by atoms with E-state index in [-0.39, 0.29) is 16.2 Å². The van der Waals surface area contributed by atoms with Gasteiger partial charge >= 0.3 is 0 Å². The van der Waals surface area contributed by atoms with Crippen molar-refractivity contribution < 1.29 is 5.11 Å². The Balaban J connectivity index is 1.52. The maximum Gasteiger partial charge on any atom is 0.144 e. The van der Waals surface area contributed by atoms with Gasteiger partial charge in [-0.05, 0) is 80.5 Å². The number of phenolic OH excluding ortho intramolecular Hbond substituents is 1. The molecule has 6 rings (SSSR count). The van der Waals surface area contributed by atoms with E-state index in [1.165, 1.54) is 21.9 Å². The highest BCUT2D eigenvalue weighted by Gasteiger charge is 2.28. The fourth-order valence-electron chi connectivity index (χ4n) is 6.79. The number of para-hydroxylation sites is 1. The van der Waals surface area contributed by atoms with Gasteiger partial charge in [-0.15, -0.1) is 0 Å². The Bertz CT molecular complexity index is 2250. The van der Waals surface area contributed by atoms with Gasteiger partial charge in [0.2, 0.25) is 0 Å². The molecule has 0 aliphatic carbocycles. The van der Waals surface area contributed by atoms with E-state index in [0.29, 0.717) is 5.75 Å². The summed E-state index contributed by atoms with van der Waals surface area (Å²) in [4.78, 5) is 10.2. The monoisotopic (exact) mass is 693 g/mol. The number of hydrogen-bond donors (Lipinski definition) is 1. The van der Waals surface area contributed by atoms with Crippen molar-refractivity contribution >= 4 is 24.3 Å². The standard InChI is InChI=1S/C46H55N3OSi/c1-44(2,3)33-24-31(23-32(25-33)39-26-30(21-22-47-39)29-17-19-35(20-18-29)51(11,12)13)36-15-14-16-40-41(36)48-43(49(40)10)37-27-34(45(4,5)6)28-38(42(37)50)46(7,8)9/h14-28,50H,1-13H3. The van der Waals surface area contributed by atoms with Crippen molar-refractivity contribution in [1.82, 2.24) is 14.5 Å². The Labute approximate surface area is 306 Å². The van der Waals surface area contributed by atoms with Crippen LogP contribution in [-0.2, 0) is 23.3 Å². The van der Waals surface area contributed by atoms with Gasteiger partial charge in [0.05, 0.1) is 30.4 Å². The van der Waals surface area contributed by atoms with Gasteiger partial charge in [0.25, 0.3) is 0 Å². The Hall–Kier alpha value is -4.48. The van der Waals surface area contributed by atoms with Crippen LogP contribution in [0.1, 0.15) is 79.0 Å². The first-order chi connectivity index (χ1) is 23.6. The van der Waals surface area contributed by atoms with E-state index in [2.05, 4.69) is 178 Å². The summed E-state index contributed by atoms with van der Waals surface area (Å²) in [6.45, 7) is 27.1. The first-order valence-electron chi connectivity index (χ1n) is 18.2. The lowest BCUT2D eigenvalue weighted by atomic mass is 9.79. The highest BCUT2D eigenvalue weighted by molar-refractivity contribution is 6.88. The van der Waals surface area contributed by atoms with Gasteiger partial charge in [-0.3, -0.25) is 4.98 Å². The normalized spacial score (nSPS) is 12.9. The lowest BCUT2D eigenvalue weighted by molar-refractivity contribution is 0.446. The largest absolute Gasteiger partial charge is 0.507 e. The van der Waals surface area contributed by atoms with E-state index in [1.807, 2.05) is 6.20 Å². The van der Waals surface area contributed by atoms with Crippen LogP contribution >= 0.6 is 0 Å². The van der Waals surface area contributed by atoms with Crippen LogP contribution < -0.4 is 5.19 Å². The number of hydrogen-bond acceptors (Lipinski definition) is 3. The number of aromatic nitrogens is 3. The first-order valence-corrected chi connectivity index (χ1v) is 21.7. The molecule has 4 aromatic carbocycles. The molecule has 0 saturated carbocycles. The van der Waals surface area contributed by atoms with Crippen molar-refractivity contribution in [2.24, 2.45) is 7.05 Å². The summed E-state index contributed by atoms with van der Waals surface area (Å²) in [7, 11) is 0.673. The summed E-state index contributed by atoms with van der Waals surface area (Å²) in [6, 6.07) is 31.0. The highest BCUT2D eigenvalue weighted by atomic mass is 28.3. The minimum Gasteiger partial charge on any atom is -0.507 e. The third-order valence-corrected chi connectivity index (χ3v) is 12.3. The second-order valence-electron chi connectivity index (χ2n) is 18.4. The van der Waals surface area contributed by atoms with Crippen LogP contribution in [0.2, 0.25) is 19.6 Å². The molecule has 5 heteroatoms. The van der Waals surface area contributed by atoms with Gasteiger partial charge in [0.15, 0.2) is 0 Å². The van der Waals surface area contributed by atoms with E-state index in [9.17, 15) is 5.11 Å². The molecule has 4 nitrogen and oxygen atoms in total. The summed E-state index contributed by atoms with van der Waals surface area (Å²) < 4.78 is 2.12. The molecule has 0 aliphatic rings. The summed E-state index contributed by atoms with van der Waals surface area (Å²) >= 11 is 0. The summed E-state index contributed by atoms with van der Waals surface area (Å²) in [5, 5.41) is 13.2. The van der Waals surface area contributed by atoms with Crippen molar-refractivity contribution in [3.8, 4) is 50.6 Å². The van der Waals surface area contributed by atoms with Crippen molar-refractivity contribution in [2.75, 3.05) is 0 Å². The lowest BCUT2D eigenvalue weighted by Gasteiger charge is -2.27. The van der Waals surface area contributed by atoms with E-state index in [1.54, 1.807) is 0 Å². The van der Waals surface area contributed by atoms with Crippen molar-refractivity contribution in [3.63, 3.8) is 0 Å². The maximum atomic E-state index is 11.8. The van der Waals surface area contributed by atoms with Gasteiger partial charge in [-0.2, -0.15) is 0 Å². The fourth-order valence-corrected chi connectivity index (χ4v) is 7.96. The molecule has 0 atom stereocenters. The van der Waals surface area contributed by atoms with Crippen LogP contribution in [0.5, 0.6) is 5.75 Å². The van der Waals surface area contributed by atoms with E-state index in [0.717, 1.165) is 55.9 Å². The van der Waals surface area contributed by atoms with Crippen molar-refractivity contribution in [2.45, 2.75) is 98.2 Å². The van der Waals surface area contributed by atoms with E-state index < -0.39 is 8.07 Å². The van der Waals surface area contributed by atoms with Gasteiger partial charge in [-0.25, -0.2) is 4.98 Å². The Morgan fingerprint density at radius 1 is 0.608 bits per heavy atom. The number of aromatic hydroxyl groups is 1. The smallest absolute Gasteiger partial charge is 0.144 e. The first kappa shape index (κ1) is 36.3. The second kappa shape index (κ2) is 12.6. The number of pyridine rings is 1. The van der Waals surface area contributed by atoms with Crippen LogP contribution in [0.4, 0.5) is 0 Å². The SMILES string of the molecule is Cn1c(-c2cc(C(C)(C)C)cc(C(C)(C)C)c2O)nc2c(-c3cc(-c4cc(-c5ccc([Si](C)(C)C)cc5)ccn4)cc(C(C)(C)C)c3)cccc21. The molecule has 0 bridgehead atoms. The third-order valence-electron chi connectivity index (χ3n) is 10.2. The van der Waals surface area contributed by atoms with E-state index in [4.69, 9.17) is 9.97 Å². The molecule has 0 fully saturated rings. The quantitative estimate of drug-likeness (QED) is 0.183. The maximum absolute atomic E-state index is 11.8. The predicted octanol–water partition coefficient (Wildman–Crippen LogP) is 11.8. The van der Waals surface area contributed by atoms with Crippen molar-refractivity contribution in [3.05, 3.63) is 108 Å². The van der Waals surface area contributed by atoms with Crippen LogP contribution in [0, 0.1) is 0 Å². The van der Waals surface area contributed by atoms with E-state index >= 15 is 0 Å². The molecule has 2 heterocycles. The predicted molar refractivity (Wildman–Crippen MR) is 221 cm³/mol. The molecule has 51 heavy (non-hydrogen) atoms. The van der Waals surface area contributed by atoms with Crippen LogP contribution in [0.15, 0.2) is 91.1 Å². The average Bonchev–Trinajstić information content (AvgIpc) is 3.39. The Kier molecular flexibility index (Phi) is 8.99. The molecule has 6 aromatic rings. The molecule has 0 saturated heterocycles. The zero-order chi connectivity index (χ0) is 37.3. The van der Waals surface area contributed by atoms with Crippen LogP contribution in [0.25, 0.3) is 55.9 Å². The zero-order valence-corrected chi connectivity index (χ0v) is 33.9. The Morgan fingerprint density at radius 3 is 1.84 bits per heavy atom. The molecular formula is C46H55N3OSi. The summed E-state index contributed by atoms with van der Waals surface area (Å²) in [6.07, 6.45) is 1.93. The number of nitrogens with zero attached hydrogens (tertiary/aromatic N) is 3. The molecule has 0 spiro atoms. The molecule has 0 unspecified atom stereocenters. The molecule has 0 amide bonds.